The molecule has 0 bridgehead atoms. The summed E-state index contributed by atoms with van der Waals surface area (Å²) < 4.78 is 1.57. The lowest BCUT2D eigenvalue weighted by Crippen LogP contribution is -2.05. The van der Waals surface area contributed by atoms with E-state index in [1.165, 1.54) is 84.9 Å². The second kappa shape index (κ2) is 41.4. The van der Waals surface area contributed by atoms with Gasteiger partial charge in [0, 0.05) is 79.1 Å². The lowest BCUT2D eigenvalue weighted by Gasteiger charge is -2.11. The zero-order valence-electron chi connectivity index (χ0n) is 59.2. The third-order valence-electron chi connectivity index (χ3n) is 16.0. The Kier molecular flexibility index (Phi) is 33.6. The van der Waals surface area contributed by atoms with E-state index in [1.807, 2.05) is 0 Å². The third-order valence-corrected chi connectivity index (χ3v) is 25.2. The number of ketones is 6. The molecule has 12 aromatic rings. The molecule has 0 saturated heterocycles. The van der Waals surface area contributed by atoms with Gasteiger partial charge in [0.1, 0.15) is 0 Å². The summed E-state index contributed by atoms with van der Waals surface area (Å²) in [4.78, 5) is 74.3. The molecule has 0 atom stereocenters. The average molecular weight is 2520 g/mol. The van der Waals surface area contributed by atoms with Crippen LogP contribution in [-0.4, -0.2) is 162 Å². The number of phenolic OH excluding ortho intramolecular Hbond substituents is 25. The maximum Gasteiger partial charge on any atom is 0.201 e. The predicted octanol–water partition coefficient (Wildman–Crippen LogP) is 20.1. The first kappa shape index (κ1) is 99.0. The number of carbonyl (C=O) groups is 6. The Morgan fingerprint density at radius 3 is 0.803 bits per heavy atom. The van der Waals surface area contributed by atoms with Crippen molar-refractivity contribution < 1.29 is 156 Å². The van der Waals surface area contributed by atoms with Crippen molar-refractivity contribution >= 4 is 242 Å². The molecule has 0 heterocycles. The standard InChI is InChI=1S/2C13H7Br3O5.C13H8Br2O6.2C13H8Br2O5.C13H9BrO5/c14-6-3-9(18)8(17)2-4(6)11(19)5-1-7(15)12(20)13(21)10(5)16;14-5-2-8(18)7(17)1-4(5)12(20)10-6(15)3-9(19)13(21)11(10)16;14-8-4(1-2-6(16)11(8)19)10(18)5-3-7(17)12(20)13(21)9(5)15;14-7-1-5(3-9(16)12(7)19)11(18)6-2-8(15)13(20)10(17)4-6;14-7-4-10(18)9(17)3-6(7)12(19)5-1-2-8(16)13(20)11(5)15;14-11-7(2-4-9(16)13(11)19)12(18)6-1-3-8(15)10(17)5-6/h1-3,17-18,20-21H;1-3,17-19,21H;1-3,16-17,19-21H;1-4,16-17,19-20H;1-4,16-18,20H;1-5,15-17,19H. The molecule has 25 N–H and O–H groups in total. The van der Waals surface area contributed by atoms with Gasteiger partial charge >= 0.3 is 0 Å². The van der Waals surface area contributed by atoms with Crippen LogP contribution in [0.3, 0.4) is 0 Å². The second-order valence-corrected chi connectivity index (χ2v) is 34.7. The van der Waals surface area contributed by atoms with Gasteiger partial charge in [-0.25, -0.2) is 0 Å². The first-order valence-electron chi connectivity index (χ1n) is 32.0. The van der Waals surface area contributed by atoms with Crippen molar-refractivity contribution in [3.63, 3.8) is 0 Å². The summed E-state index contributed by atoms with van der Waals surface area (Å²) in [7, 11) is 0. The molecule has 0 aliphatic heterocycles. The Hall–Kier alpha value is -10.1. The van der Waals surface area contributed by atoms with Gasteiger partial charge in [0.05, 0.1) is 45.8 Å². The van der Waals surface area contributed by atoms with E-state index in [-0.39, 0.29) is 171 Å². The monoisotopic (exact) mass is 2510 g/mol. The number of carbonyl (C=O) groups excluding carboxylic acids is 6. The van der Waals surface area contributed by atoms with Gasteiger partial charge in [-0.05, 0) is 341 Å². The number of halogens is 13. The molecule has 0 aliphatic carbocycles. The Bertz CT molecular complexity index is 6120. The molecule has 0 radical (unpaired) electrons. The highest BCUT2D eigenvalue weighted by atomic mass is 79.9. The molecule has 12 rings (SSSR count). The first-order chi connectivity index (χ1) is 56.8. The highest BCUT2D eigenvalue weighted by molar-refractivity contribution is 9.12. The van der Waals surface area contributed by atoms with Crippen molar-refractivity contribution in [1.82, 2.24) is 0 Å². The molecule has 0 amide bonds. The topological polar surface area (TPSA) is 608 Å². The number of aromatic hydroxyl groups is 25. The number of phenols is 25. The predicted molar refractivity (Wildman–Crippen MR) is 480 cm³/mol. The number of benzene rings is 12. The summed E-state index contributed by atoms with van der Waals surface area (Å²) in [5.74, 6) is -14.3. The van der Waals surface area contributed by atoms with Gasteiger partial charge in [-0.15, -0.1) is 0 Å². The average Bonchev–Trinajstić information content (AvgIpc) is 0.721. The van der Waals surface area contributed by atoms with Crippen molar-refractivity contribution in [1.29, 1.82) is 0 Å². The SMILES string of the molecule is O=C(c1cc(O)c(O)c(Br)c1)c1cc(O)c(O)c(Br)c1.O=C(c1cc(O)c(O)cc1Br)c1c(Br)cc(O)c(O)c1Br.O=C(c1cc(O)c(O)cc1Br)c1cc(Br)c(O)c(O)c1Br.O=C(c1cc(O)c(O)cc1Br)c1ccc(O)c(O)c1Br.O=C(c1ccc(O)c(O)c1)c1ccc(O)c(O)c1Br.O=C(c1ccc(O)c(O)c1Br)c1cc(O)c(O)c(O)c1Br. The van der Waals surface area contributed by atoms with Gasteiger partial charge in [0.2, 0.25) is 5.75 Å². The highest BCUT2D eigenvalue weighted by Gasteiger charge is 2.30. The second-order valence-electron chi connectivity index (χ2n) is 24.0. The summed E-state index contributed by atoms with van der Waals surface area (Å²) in [5, 5.41) is 237. The van der Waals surface area contributed by atoms with Crippen LogP contribution in [0.15, 0.2) is 192 Å². The first-order valence-corrected chi connectivity index (χ1v) is 42.3. The Balaban J connectivity index is 0.000000202. The molecule has 12 aromatic carbocycles. The van der Waals surface area contributed by atoms with Gasteiger partial charge < -0.3 is 128 Å². The van der Waals surface area contributed by atoms with Crippen molar-refractivity contribution in [2.45, 2.75) is 0 Å². The molecule has 0 spiro atoms. The highest BCUT2D eigenvalue weighted by Crippen LogP contribution is 2.49. The van der Waals surface area contributed by atoms with Crippen LogP contribution >= 0.6 is 207 Å². The number of hydrogen-bond acceptors (Lipinski definition) is 31. The quantitative estimate of drug-likeness (QED) is 0.0399. The van der Waals surface area contributed by atoms with E-state index in [2.05, 4.69) is 207 Å². The number of hydrogen-bond donors (Lipinski definition) is 25. The molecule has 0 saturated carbocycles. The fourth-order valence-electron chi connectivity index (χ4n) is 9.71. The van der Waals surface area contributed by atoms with E-state index < -0.39 is 132 Å². The number of rotatable bonds is 12. The van der Waals surface area contributed by atoms with E-state index in [9.17, 15) is 156 Å². The lowest BCUT2D eigenvalue weighted by atomic mass is 10.0. The minimum absolute atomic E-state index is 0.00418. The van der Waals surface area contributed by atoms with E-state index in [4.69, 9.17) is 0 Å². The zero-order chi connectivity index (χ0) is 91.9. The normalized spacial score (nSPS) is 10.5. The van der Waals surface area contributed by atoms with E-state index >= 15 is 0 Å². The molecule has 122 heavy (non-hydrogen) atoms. The Morgan fingerprint density at radius 1 is 0.156 bits per heavy atom. The van der Waals surface area contributed by atoms with Crippen LogP contribution in [0.4, 0.5) is 0 Å². The summed E-state index contributed by atoms with van der Waals surface area (Å²) in [5.41, 5.74) is 0.870. The minimum Gasteiger partial charge on any atom is -0.504 e. The van der Waals surface area contributed by atoms with Crippen LogP contribution in [0, 0.1) is 0 Å². The molecular weight excluding hydrogens is 2470 g/mol. The molecular formula is C78H47Br13O31. The molecule has 0 unspecified atom stereocenters. The van der Waals surface area contributed by atoms with E-state index in [1.54, 1.807) is 0 Å². The zero-order valence-corrected chi connectivity index (χ0v) is 79.9. The molecule has 44 heteroatoms. The fourth-order valence-corrected chi connectivity index (χ4v) is 16.5. The molecule has 636 valence electrons. The van der Waals surface area contributed by atoms with Crippen LogP contribution in [0.5, 0.6) is 144 Å². The van der Waals surface area contributed by atoms with Crippen molar-refractivity contribution in [2.75, 3.05) is 0 Å². The van der Waals surface area contributed by atoms with Gasteiger partial charge in [-0.2, -0.15) is 0 Å². The molecule has 0 aliphatic rings. The maximum absolute atomic E-state index is 12.6. The Morgan fingerprint density at radius 2 is 0.418 bits per heavy atom. The lowest BCUT2D eigenvalue weighted by molar-refractivity contribution is 0.102. The maximum atomic E-state index is 12.6. The van der Waals surface area contributed by atoms with E-state index in [0.29, 0.717) is 0 Å². The summed E-state index contributed by atoms with van der Waals surface area (Å²) in [6.45, 7) is 0. The van der Waals surface area contributed by atoms with Crippen LogP contribution in [0.1, 0.15) is 95.5 Å². The van der Waals surface area contributed by atoms with Gasteiger partial charge in [-0.1, -0.05) is 0 Å². The van der Waals surface area contributed by atoms with Crippen LogP contribution < -0.4 is 0 Å². The van der Waals surface area contributed by atoms with Gasteiger partial charge in [0.15, 0.2) is 173 Å². The van der Waals surface area contributed by atoms with Gasteiger partial charge in [-0.3, -0.25) is 28.8 Å². The van der Waals surface area contributed by atoms with Crippen LogP contribution in [0.25, 0.3) is 0 Å². The van der Waals surface area contributed by atoms with E-state index in [0.717, 1.165) is 48.5 Å². The largest absolute Gasteiger partial charge is 0.504 e. The van der Waals surface area contributed by atoms with Crippen molar-refractivity contribution in [2.24, 2.45) is 0 Å². The Labute approximate surface area is 791 Å². The van der Waals surface area contributed by atoms with Crippen molar-refractivity contribution in [3.05, 3.63) is 258 Å². The smallest absolute Gasteiger partial charge is 0.201 e. The van der Waals surface area contributed by atoms with Crippen molar-refractivity contribution in [3.8, 4) is 144 Å². The summed E-state index contributed by atoms with van der Waals surface area (Å²) >= 11 is 39.6. The molecule has 31 nitrogen and oxygen atoms in total. The molecule has 0 fully saturated rings. The summed E-state index contributed by atoms with van der Waals surface area (Å²) in [6.07, 6.45) is 0. The minimum atomic E-state index is -0.758. The van der Waals surface area contributed by atoms with Gasteiger partial charge in [0.25, 0.3) is 0 Å². The third kappa shape index (κ3) is 22.3. The fraction of sp³-hybridized carbons (Fsp3) is 0. The summed E-state index contributed by atoms with van der Waals surface area (Å²) in [6, 6.07) is 26.3. The molecule has 0 aromatic heterocycles. The van der Waals surface area contributed by atoms with Crippen LogP contribution in [0.2, 0.25) is 0 Å². The van der Waals surface area contributed by atoms with Crippen LogP contribution in [-0.2, 0) is 0 Å².